The van der Waals surface area contributed by atoms with E-state index in [-0.39, 0.29) is 5.56 Å². The zero-order chi connectivity index (χ0) is 13.7. The van der Waals surface area contributed by atoms with Crippen LogP contribution in [0, 0.1) is 5.92 Å². The minimum Gasteiger partial charge on any atom is -0.352 e. The van der Waals surface area contributed by atoms with Crippen LogP contribution >= 0.6 is 0 Å². The Labute approximate surface area is 114 Å². The van der Waals surface area contributed by atoms with Crippen molar-refractivity contribution < 1.29 is 0 Å². The second-order valence-corrected chi connectivity index (χ2v) is 5.31. The highest BCUT2D eigenvalue weighted by atomic mass is 16.1. The standard InChI is InChI=1S/C14H24N4O/c1-3-6-15-11(2)12-4-9-18(10-5-12)13-14(19)17-8-7-16-13/h7-8,11-12,15H,3-6,9-10H2,1-2H3,(H,17,19). The molecule has 5 nitrogen and oxygen atoms in total. The van der Waals surface area contributed by atoms with Crippen molar-refractivity contribution in [3.8, 4) is 0 Å². The van der Waals surface area contributed by atoms with Crippen molar-refractivity contribution in [2.45, 2.75) is 39.2 Å². The predicted molar refractivity (Wildman–Crippen MR) is 77.6 cm³/mol. The van der Waals surface area contributed by atoms with Gasteiger partial charge in [0.05, 0.1) is 0 Å². The van der Waals surface area contributed by atoms with Crippen molar-refractivity contribution >= 4 is 5.82 Å². The molecule has 0 bridgehead atoms. The Kier molecular flexibility index (Phi) is 4.96. The van der Waals surface area contributed by atoms with Gasteiger partial charge in [0, 0.05) is 31.5 Å². The second-order valence-electron chi connectivity index (χ2n) is 5.31. The molecule has 0 spiro atoms. The summed E-state index contributed by atoms with van der Waals surface area (Å²) in [4.78, 5) is 20.7. The number of hydrogen-bond acceptors (Lipinski definition) is 4. The lowest BCUT2D eigenvalue weighted by atomic mass is 9.90. The van der Waals surface area contributed by atoms with Crippen molar-refractivity contribution in [3.63, 3.8) is 0 Å². The smallest absolute Gasteiger partial charge is 0.290 e. The van der Waals surface area contributed by atoms with Gasteiger partial charge in [-0.05, 0) is 38.6 Å². The molecule has 19 heavy (non-hydrogen) atoms. The van der Waals surface area contributed by atoms with E-state index < -0.39 is 0 Å². The first kappa shape index (κ1) is 14.1. The van der Waals surface area contributed by atoms with Crippen LogP contribution in [0.25, 0.3) is 0 Å². The Hall–Kier alpha value is -1.36. The molecular weight excluding hydrogens is 240 g/mol. The van der Waals surface area contributed by atoms with E-state index in [2.05, 4.69) is 34.0 Å². The van der Waals surface area contributed by atoms with E-state index in [9.17, 15) is 4.79 Å². The molecule has 1 fully saturated rings. The number of anilines is 1. The van der Waals surface area contributed by atoms with Crippen LogP contribution in [0.15, 0.2) is 17.2 Å². The fraction of sp³-hybridized carbons (Fsp3) is 0.714. The van der Waals surface area contributed by atoms with Crippen LogP contribution in [0.4, 0.5) is 5.82 Å². The van der Waals surface area contributed by atoms with Crippen LogP contribution in [-0.2, 0) is 0 Å². The van der Waals surface area contributed by atoms with Crippen molar-refractivity contribution in [1.29, 1.82) is 0 Å². The first-order chi connectivity index (χ1) is 9.22. The third-order valence-electron chi connectivity index (χ3n) is 3.95. The number of aromatic amines is 1. The molecule has 2 heterocycles. The molecule has 0 saturated carbocycles. The van der Waals surface area contributed by atoms with Crippen molar-refractivity contribution in [2.24, 2.45) is 5.92 Å². The van der Waals surface area contributed by atoms with E-state index in [1.54, 1.807) is 12.4 Å². The van der Waals surface area contributed by atoms with E-state index in [1.807, 2.05) is 0 Å². The summed E-state index contributed by atoms with van der Waals surface area (Å²) in [5.41, 5.74) is -0.0851. The van der Waals surface area contributed by atoms with Crippen LogP contribution in [-0.4, -0.2) is 35.6 Å². The summed E-state index contributed by atoms with van der Waals surface area (Å²) >= 11 is 0. The number of nitrogens with one attached hydrogen (secondary N) is 2. The number of hydrogen-bond donors (Lipinski definition) is 2. The highest BCUT2D eigenvalue weighted by Gasteiger charge is 2.25. The molecule has 1 aliphatic heterocycles. The molecule has 5 heteroatoms. The quantitative estimate of drug-likeness (QED) is 0.843. The van der Waals surface area contributed by atoms with Crippen molar-refractivity contribution in [3.05, 3.63) is 22.7 Å². The highest BCUT2D eigenvalue weighted by Crippen LogP contribution is 2.22. The summed E-state index contributed by atoms with van der Waals surface area (Å²) in [7, 11) is 0. The summed E-state index contributed by atoms with van der Waals surface area (Å²) in [6, 6.07) is 0.559. The lowest BCUT2D eigenvalue weighted by molar-refractivity contribution is 0.310. The van der Waals surface area contributed by atoms with Crippen molar-refractivity contribution in [1.82, 2.24) is 15.3 Å². The van der Waals surface area contributed by atoms with Gasteiger partial charge in [0.15, 0.2) is 5.82 Å². The number of aromatic nitrogens is 2. The summed E-state index contributed by atoms with van der Waals surface area (Å²) in [5.74, 6) is 1.26. The van der Waals surface area contributed by atoms with Gasteiger partial charge >= 0.3 is 0 Å². The zero-order valence-corrected chi connectivity index (χ0v) is 11.9. The molecule has 1 aromatic heterocycles. The molecule has 0 aromatic carbocycles. The molecule has 0 radical (unpaired) electrons. The van der Waals surface area contributed by atoms with E-state index in [1.165, 1.54) is 6.42 Å². The van der Waals surface area contributed by atoms with Gasteiger partial charge in [0.2, 0.25) is 0 Å². The van der Waals surface area contributed by atoms with Gasteiger partial charge in [-0.25, -0.2) is 4.98 Å². The fourth-order valence-electron chi connectivity index (χ4n) is 2.72. The minimum atomic E-state index is -0.0851. The molecule has 0 aliphatic carbocycles. The van der Waals surface area contributed by atoms with E-state index >= 15 is 0 Å². The SMILES string of the molecule is CCCNC(C)C1CCN(c2ncc[nH]c2=O)CC1. The Morgan fingerprint density at radius 2 is 2.26 bits per heavy atom. The second kappa shape index (κ2) is 6.70. The fourth-order valence-corrected chi connectivity index (χ4v) is 2.72. The molecule has 0 amide bonds. The van der Waals surface area contributed by atoms with Crippen LogP contribution < -0.4 is 15.8 Å². The molecule has 1 aliphatic rings. The van der Waals surface area contributed by atoms with Gasteiger partial charge < -0.3 is 15.2 Å². The summed E-state index contributed by atoms with van der Waals surface area (Å²) < 4.78 is 0. The van der Waals surface area contributed by atoms with Gasteiger partial charge in [-0.3, -0.25) is 4.79 Å². The Morgan fingerprint density at radius 1 is 1.53 bits per heavy atom. The molecule has 1 aromatic rings. The first-order valence-electron chi connectivity index (χ1n) is 7.24. The van der Waals surface area contributed by atoms with Gasteiger partial charge in [-0.15, -0.1) is 0 Å². The number of nitrogens with zero attached hydrogens (tertiary/aromatic N) is 2. The molecule has 2 rings (SSSR count). The summed E-state index contributed by atoms with van der Waals surface area (Å²) in [6.07, 6.45) is 6.64. The van der Waals surface area contributed by atoms with E-state index in [4.69, 9.17) is 0 Å². The third-order valence-corrected chi connectivity index (χ3v) is 3.95. The third kappa shape index (κ3) is 3.56. The molecular formula is C14H24N4O. The summed E-state index contributed by atoms with van der Waals surface area (Å²) in [5, 5.41) is 3.57. The van der Waals surface area contributed by atoms with Crippen LogP contribution in [0.5, 0.6) is 0 Å². The number of rotatable bonds is 5. The largest absolute Gasteiger partial charge is 0.352 e. The van der Waals surface area contributed by atoms with Crippen LogP contribution in [0.1, 0.15) is 33.1 Å². The molecule has 1 atom stereocenters. The topological polar surface area (TPSA) is 61.0 Å². The van der Waals surface area contributed by atoms with Crippen LogP contribution in [0.3, 0.4) is 0 Å². The van der Waals surface area contributed by atoms with Gasteiger partial charge in [0.1, 0.15) is 0 Å². The highest BCUT2D eigenvalue weighted by molar-refractivity contribution is 5.35. The molecule has 2 N–H and O–H groups in total. The van der Waals surface area contributed by atoms with E-state index in [0.717, 1.165) is 32.5 Å². The van der Waals surface area contributed by atoms with Gasteiger partial charge in [-0.2, -0.15) is 0 Å². The van der Waals surface area contributed by atoms with Gasteiger partial charge in [0.25, 0.3) is 5.56 Å². The van der Waals surface area contributed by atoms with Crippen LogP contribution in [0.2, 0.25) is 0 Å². The maximum atomic E-state index is 11.7. The average molecular weight is 264 g/mol. The molecule has 1 saturated heterocycles. The monoisotopic (exact) mass is 264 g/mol. The number of H-pyrrole nitrogens is 1. The lowest BCUT2D eigenvalue weighted by Gasteiger charge is -2.35. The van der Waals surface area contributed by atoms with Crippen molar-refractivity contribution in [2.75, 3.05) is 24.5 Å². The zero-order valence-electron chi connectivity index (χ0n) is 11.9. The Balaban J connectivity index is 1.89. The predicted octanol–water partition coefficient (Wildman–Crippen LogP) is 1.37. The lowest BCUT2D eigenvalue weighted by Crippen LogP contribution is -2.43. The first-order valence-corrected chi connectivity index (χ1v) is 7.24. The molecule has 1 unspecified atom stereocenters. The average Bonchev–Trinajstić information content (AvgIpc) is 2.45. The minimum absolute atomic E-state index is 0.0851. The normalized spacial score (nSPS) is 18.5. The maximum absolute atomic E-state index is 11.7. The Morgan fingerprint density at radius 3 is 2.89 bits per heavy atom. The summed E-state index contributed by atoms with van der Waals surface area (Å²) in [6.45, 7) is 7.38. The van der Waals surface area contributed by atoms with E-state index in [0.29, 0.717) is 17.8 Å². The molecule has 106 valence electrons. The Bertz CT molecular complexity index is 437. The van der Waals surface area contributed by atoms with Gasteiger partial charge in [-0.1, -0.05) is 6.92 Å². The number of piperidine rings is 1. The maximum Gasteiger partial charge on any atom is 0.290 e.